The summed E-state index contributed by atoms with van der Waals surface area (Å²) in [6.45, 7) is 14.8. The monoisotopic (exact) mass is 278 g/mol. The Balaban J connectivity index is -0.000000224. The van der Waals surface area contributed by atoms with E-state index in [9.17, 15) is 4.79 Å². The maximum Gasteiger partial charge on any atom is 0.210 e. The van der Waals surface area contributed by atoms with Gasteiger partial charge in [-0.2, -0.15) is 0 Å². The normalized spacial score (nSPS) is 17.7. The molecule has 1 rings (SSSR count). The van der Waals surface area contributed by atoms with Gasteiger partial charge in [-0.15, -0.1) is 0 Å². The van der Waals surface area contributed by atoms with Crippen LogP contribution in [0.1, 0.15) is 41.5 Å². The van der Waals surface area contributed by atoms with Crippen LogP contribution in [-0.4, -0.2) is 61.9 Å². The van der Waals surface area contributed by atoms with Gasteiger partial charge in [0.1, 0.15) is 0 Å². The minimum absolute atomic E-state index is 0.0417. The molecule has 1 amide bonds. The fraction of sp³-hybridized carbons (Fsp3) is 0.929. The number of aliphatic hydroxyl groups excluding tert-OH is 1. The summed E-state index contributed by atoms with van der Waals surface area (Å²) in [5, 5.41) is 10.2. The number of ether oxygens (including phenoxy) is 1. The summed E-state index contributed by atoms with van der Waals surface area (Å²) < 4.78 is 4.94. The van der Waals surface area contributed by atoms with Crippen molar-refractivity contribution >= 4 is 6.41 Å². The number of hydrogen-bond acceptors (Lipinski definition) is 4. The zero-order chi connectivity index (χ0) is 15.9. The second-order valence-corrected chi connectivity index (χ2v) is 4.71. The van der Waals surface area contributed by atoms with Crippen molar-refractivity contribution in [2.45, 2.75) is 53.2 Å². The summed E-state index contributed by atoms with van der Waals surface area (Å²) in [7, 11) is 2.71. The van der Waals surface area contributed by atoms with Gasteiger partial charge in [0.25, 0.3) is 0 Å². The first-order chi connectivity index (χ1) is 8.90. The lowest BCUT2D eigenvalue weighted by molar-refractivity contribution is -0.120. The summed E-state index contributed by atoms with van der Waals surface area (Å²) in [6, 6.07) is 0.372. The van der Waals surface area contributed by atoms with Crippen LogP contribution >= 0.6 is 0 Å². The highest BCUT2D eigenvalue weighted by Gasteiger charge is 2.14. The molecule has 0 aromatic carbocycles. The van der Waals surface area contributed by atoms with Crippen molar-refractivity contribution in [3.8, 4) is 0 Å². The summed E-state index contributed by atoms with van der Waals surface area (Å²) >= 11 is 0. The molecule has 2 N–H and O–H groups in total. The summed E-state index contributed by atoms with van der Waals surface area (Å²) in [6.07, 6.45) is 0.922. The Labute approximate surface area is 119 Å². The molecule has 1 heterocycles. The molecule has 0 spiro atoms. The van der Waals surface area contributed by atoms with E-state index in [0.717, 1.165) is 33.2 Å². The fourth-order valence-electron chi connectivity index (χ4n) is 1.01. The number of aliphatic hydroxyl groups is 1. The van der Waals surface area contributed by atoms with Crippen LogP contribution in [0.5, 0.6) is 0 Å². The molecule has 0 radical (unpaired) electrons. The first-order valence-electron chi connectivity index (χ1n) is 6.82. The Morgan fingerprint density at radius 1 is 1.32 bits per heavy atom. The minimum atomic E-state index is 0.0417. The standard InChI is InChI=1S/C6H12N2O.C5H12O.C2H6.CH4O/c1-6-4-7-2-3-8(6)5-9;1-5(2,3)6-4;2*1-2/h5-7H,2-4H2,1H3;1-4H3;1-2H3;2H,1H3. The van der Waals surface area contributed by atoms with E-state index < -0.39 is 0 Å². The van der Waals surface area contributed by atoms with Crippen LogP contribution in [0.2, 0.25) is 0 Å². The van der Waals surface area contributed by atoms with Gasteiger partial charge in [-0.05, 0) is 27.7 Å². The molecule has 0 saturated carbocycles. The molecule has 118 valence electrons. The van der Waals surface area contributed by atoms with Gasteiger partial charge in [0.05, 0.1) is 5.60 Å². The third kappa shape index (κ3) is 17.4. The van der Waals surface area contributed by atoms with E-state index in [2.05, 4.69) is 5.32 Å². The van der Waals surface area contributed by atoms with Crippen molar-refractivity contribution in [3.05, 3.63) is 0 Å². The molecule has 1 fully saturated rings. The van der Waals surface area contributed by atoms with E-state index in [0.29, 0.717) is 6.04 Å². The van der Waals surface area contributed by atoms with Crippen molar-refractivity contribution in [3.63, 3.8) is 0 Å². The molecule has 0 aliphatic carbocycles. The van der Waals surface area contributed by atoms with Crippen LogP contribution in [0.25, 0.3) is 0 Å². The van der Waals surface area contributed by atoms with Crippen LogP contribution in [0, 0.1) is 0 Å². The van der Waals surface area contributed by atoms with E-state index in [1.807, 2.05) is 46.4 Å². The largest absolute Gasteiger partial charge is 0.400 e. The van der Waals surface area contributed by atoms with Crippen molar-refractivity contribution in [2.75, 3.05) is 33.9 Å². The topological polar surface area (TPSA) is 61.8 Å². The maximum absolute atomic E-state index is 10.3. The van der Waals surface area contributed by atoms with Gasteiger partial charge in [0.15, 0.2) is 0 Å². The average Bonchev–Trinajstić information content (AvgIpc) is 2.44. The van der Waals surface area contributed by atoms with Crippen LogP contribution in [-0.2, 0) is 9.53 Å². The van der Waals surface area contributed by atoms with Crippen molar-refractivity contribution < 1.29 is 14.6 Å². The van der Waals surface area contributed by atoms with E-state index in [4.69, 9.17) is 9.84 Å². The first kappa shape index (κ1) is 23.4. The minimum Gasteiger partial charge on any atom is -0.400 e. The Morgan fingerprint density at radius 2 is 1.74 bits per heavy atom. The molecule has 0 aromatic heterocycles. The SMILES string of the molecule is CC.CC1CNCCN1C=O.CO.COC(C)(C)C. The van der Waals surface area contributed by atoms with Crippen LogP contribution in [0.15, 0.2) is 0 Å². The summed E-state index contributed by atoms with van der Waals surface area (Å²) in [4.78, 5) is 12.1. The lowest BCUT2D eigenvalue weighted by atomic mass is 10.2. The number of rotatable bonds is 1. The van der Waals surface area contributed by atoms with Gasteiger partial charge in [-0.25, -0.2) is 0 Å². The van der Waals surface area contributed by atoms with Crippen LogP contribution < -0.4 is 5.32 Å². The van der Waals surface area contributed by atoms with Gasteiger partial charge in [-0.3, -0.25) is 4.79 Å². The third-order valence-corrected chi connectivity index (χ3v) is 2.30. The van der Waals surface area contributed by atoms with Gasteiger partial charge in [-0.1, -0.05) is 13.8 Å². The highest BCUT2D eigenvalue weighted by atomic mass is 16.5. The third-order valence-electron chi connectivity index (χ3n) is 2.30. The highest BCUT2D eigenvalue weighted by molar-refractivity contribution is 5.47. The van der Waals surface area contributed by atoms with Crippen molar-refractivity contribution in [1.29, 1.82) is 0 Å². The highest BCUT2D eigenvalue weighted by Crippen LogP contribution is 2.02. The Hall–Kier alpha value is -0.650. The molecule has 0 aromatic rings. The van der Waals surface area contributed by atoms with Gasteiger partial charge in [0.2, 0.25) is 6.41 Å². The lowest BCUT2D eigenvalue weighted by Crippen LogP contribution is -2.48. The molecular weight excluding hydrogens is 244 g/mol. The molecular formula is C14H34N2O3. The molecule has 1 aliphatic rings. The summed E-state index contributed by atoms with van der Waals surface area (Å²) in [5.41, 5.74) is 0.0417. The first-order valence-corrected chi connectivity index (χ1v) is 6.82. The smallest absolute Gasteiger partial charge is 0.210 e. The molecule has 1 unspecified atom stereocenters. The summed E-state index contributed by atoms with van der Waals surface area (Å²) in [5.74, 6) is 0. The van der Waals surface area contributed by atoms with Crippen LogP contribution in [0.4, 0.5) is 0 Å². The van der Waals surface area contributed by atoms with Gasteiger partial charge in [0, 0.05) is 39.9 Å². The maximum atomic E-state index is 10.3. The molecule has 19 heavy (non-hydrogen) atoms. The predicted octanol–water partition coefficient (Wildman–Crippen LogP) is 1.50. The van der Waals surface area contributed by atoms with E-state index in [-0.39, 0.29) is 5.60 Å². The zero-order valence-electron chi connectivity index (χ0n) is 14.0. The number of nitrogens with one attached hydrogen (secondary N) is 1. The van der Waals surface area contributed by atoms with E-state index in [1.165, 1.54) is 0 Å². The quantitative estimate of drug-likeness (QED) is 0.714. The molecule has 5 heteroatoms. The second-order valence-electron chi connectivity index (χ2n) is 4.71. The van der Waals surface area contributed by atoms with Crippen molar-refractivity contribution in [2.24, 2.45) is 0 Å². The van der Waals surface area contributed by atoms with Gasteiger partial charge >= 0.3 is 0 Å². The number of carbonyl (C=O) groups is 1. The number of amides is 1. The Bertz CT molecular complexity index is 182. The zero-order valence-corrected chi connectivity index (χ0v) is 14.0. The predicted molar refractivity (Wildman–Crippen MR) is 81.4 cm³/mol. The van der Waals surface area contributed by atoms with E-state index >= 15 is 0 Å². The number of nitrogens with zero attached hydrogens (tertiary/aromatic N) is 1. The molecule has 1 saturated heterocycles. The van der Waals surface area contributed by atoms with Gasteiger partial charge < -0.3 is 20.1 Å². The molecule has 0 bridgehead atoms. The number of piperazine rings is 1. The molecule has 1 aliphatic heterocycles. The number of hydrogen-bond donors (Lipinski definition) is 2. The lowest BCUT2D eigenvalue weighted by Gasteiger charge is -2.30. The average molecular weight is 278 g/mol. The molecule has 1 atom stereocenters. The van der Waals surface area contributed by atoms with Crippen LogP contribution in [0.3, 0.4) is 0 Å². The Kier molecular flexibility index (Phi) is 19.0. The number of methoxy groups -OCH3 is 1. The van der Waals surface area contributed by atoms with E-state index in [1.54, 1.807) is 7.11 Å². The second kappa shape index (κ2) is 15.4. The van der Waals surface area contributed by atoms with Crippen molar-refractivity contribution in [1.82, 2.24) is 10.2 Å². The molecule has 5 nitrogen and oxygen atoms in total. The fourth-order valence-corrected chi connectivity index (χ4v) is 1.01. The number of carbonyl (C=O) groups excluding carboxylic acids is 1. The Morgan fingerprint density at radius 3 is 1.95 bits per heavy atom.